The molecular weight excluding hydrogens is 316 g/mol. The predicted octanol–water partition coefficient (Wildman–Crippen LogP) is 3.96. The highest BCUT2D eigenvalue weighted by molar-refractivity contribution is 7.11. The lowest BCUT2D eigenvalue weighted by Crippen LogP contribution is -2.30. The molecule has 1 aromatic heterocycles. The van der Waals surface area contributed by atoms with E-state index in [1.165, 1.54) is 21.6 Å². The molecule has 4 heteroatoms. The molecule has 0 spiro atoms. The minimum atomic E-state index is 0.136. The van der Waals surface area contributed by atoms with Crippen LogP contribution in [0.1, 0.15) is 28.8 Å². The molecule has 0 aliphatic carbocycles. The summed E-state index contributed by atoms with van der Waals surface area (Å²) in [6.45, 7) is 3.29. The second-order valence-electron chi connectivity index (χ2n) is 6.55. The Morgan fingerprint density at radius 1 is 1.17 bits per heavy atom. The summed E-state index contributed by atoms with van der Waals surface area (Å²) >= 11 is 1.84. The predicted molar refractivity (Wildman–Crippen MR) is 100 cm³/mol. The number of hydrogen-bond donors (Lipinski definition) is 1. The zero-order valence-electron chi connectivity index (χ0n) is 13.8. The Labute approximate surface area is 147 Å². The summed E-state index contributed by atoms with van der Waals surface area (Å²) in [6, 6.07) is 10.8. The lowest BCUT2D eigenvalue weighted by molar-refractivity contribution is -0.116. The molecule has 0 bridgehead atoms. The number of carbonyl (C=O) groups excluding carboxylic acids is 1. The average Bonchev–Trinajstić information content (AvgIpc) is 3.15. The van der Waals surface area contributed by atoms with Crippen molar-refractivity contribution in [3.05, 3.63) is 57.8 Å². The van der Waals surface area contributed by atoms with Crippen molar-refractivity contribution >= 4 is 28.5 Å². The summed E-state index contributed by atoms with van der Waals surface area (Å²) in [4.78, 5) is 15.4. The van der Waals surface area contributed by atoms with E-state index >= 15 is 0 Å². The van der Waals surface area contributed by atoms with Crippen LogP contribution in [0.2, 0.25) is 0 Å². The highest BCUT2D eigenvalue weighted by Crippen LogP contribution is 2.27. The largest absolute Gasteiger partial charge is 0.326 e. The van der Waals surface area contributed by atoms with Crippen molar-refractivity contribution in [2.45, 2.75) is 25.7 Å². The third kappa shape index (κ3) is 3.45. The van der Waals surface area contributed by atoms with Crippen LogP contribution in [0.3, 0.4) is 0 Å². The van der Waals surface area contributed by atoms with E-state index in [4.69, 9.17) is 0 Å². The molecule has 124 valence electrons. The molecule has 0 atom stereocenters. The third-order valence-corrected chi connectivity index (χ3v) is 5.86. The molecule has 24 heavy (non-hydrogen) atoms. The fraction of sp³-hybridized carbons (Fsp3) is 0.350. The van der Waals surface area contributed by atoms with E-state index in [1.54, 1.807) is 0 Å². The molecular formula is C20H22N2OS. The normalized spacial score (nSPS) is 18.0. The van der Waals surface area contributed by atoms with E-state index in [2.05, 4.69) is 52.0 Å². The lowest BCUT2D eigenvalue weighted by atomic mass is 9.99. The van der Waals surface area contributed by atoms with Crippen LogP contribution in [0.25, 0.3) is 5.57 Å². The summed E-state index contributed by atoms with van der Waals surface area (Å²) in [5.41, 5.74) is 5.16. The van der Waals surface area contributed by atoms with E-state index in [9.17, 15) is 4.79 Å². The van der Waals surface area contributed by atoms with Crippen molar-refractivity contribution in [1.29, 1.82) is 0 Å². The standard InChI is InChI=1S/C20H22N2OS/c23-20-6-4-17-14-15(3-5-18(17)21-20)7-10-22-11-8-16(9-12-22)19-2-1-13-24-19/h1-3,5,8,13-14H,4,6-7,9-12H2,(H,21,23). The molecule has 3 heterocycles. The summed E-state index contributed by atoms with van der Waals surface area (Å²) < 4.78 is 0. The molecule has 2 aromatic rings. The van der Waals surface area contributed by atoms with Crippen LogP contribution in [0.15, 0.2) is 41.8 Å². The topological polar surface area (TPSA) is 32.3 Å². The Kier molecular flexibility index (Phi) is 4.50. The molecule has 0 fully saturated rings. The van der Waals surface area contributed by atoms with Gasteiger partial charge >= 0.3 is 0 Å². The number of nitrogens with zero attached hydrogens (tertiary/aromatic N) is 1. The molecule has 0 saturated heterocycles. The number of aryl methyl sites for hydroxylation is 1. The van der Waals surface area contributed by atoms with Crippen molar-refractivity contribution in [2.24, 2.45) is 0 Å². The van der Waals surface area contributed by atoms with Gasteiger partial charge in [0.05, 0.1) is 0 Å². The Bertz CT molecular complexity index is 764. The van der Waals surface area contributed by atoms with Crippen molar-refractivity contribution < 1.29 is 4.79 Å². The fourth-order valence-electron chi connectivity index (χ4n) is 3.48. The van der Waals surface area contributed by atoms with Gasteiger partial charge in [0.25, 0.3) is 0 Å². The van der Waals surface area contributed by atoms with Crippen LogP contribution < -0.4 is 5.32 Å². The van der Waals surface area contributed by atoms with Gasteiger partial charge in [0.2, 0.25) is 5.91 Å². The van der Waals surface area contributed by atoms with Gasteiger partial charge in [-0.15, -0.1) is 11.3 Å². The van der Waals surface area contributed by atoms with E-state index < -0.39 is 0 Å². The summed E-state index contributed by atoms with van der Waals surface area (Å²) in [5.74, 6) is 0.136. The number of amides is 1. The molecule has 4 rings (SSSR count). The first-order chi connectivity index (χ1) is 11.8. The molecule has 0 radical (unpaired) electrons. The zero-order chi connectivity index (χ0) is 16.4. The fourth-order valence-corrected chi connectivity index (χ4v) is 4.28. The maximum absolute atomic E-state index is 11.4. The molecule has 0 saturated carbocycles. The molecule has 2 aliphatic heterocycles. The first-order valence-corrected chi connectivity index (χ1v) is 9.53. The molecule has 3 nitrogen and oxygen atoms in total. The number of rotatable bonds is 4. The first kappa shape index (κ1) is 15.6. The zero-order valence-corrected chi connectivity index (χ0v) is 14.6. The van der Waals surface area contributed by atoms with E-state index in [1.807, 2.05) is 11.3 Å². The summed E-state index contributed by atoms with van der Waals surface area (Å²) in [7, 11) is 0. The van der Waals surface area contributed by atoms with Gasteiger partial charge in [0.15, 0.2) is 0 Å². The Morgan fingerprint density at radius 2 is 2.12 bits per heavy atom. The van der Waals surface area contributed by atoms with E-state index in [0.29, 0.717) is 6.42 Å². The molecule has 0 unspecified atom stereocenters. The van der Waals surface area contributed by atoms with Crippen LogP contribution in [0, 0.1) is 0 Å². The lowest BCUT2D eigenvalue weighted by Gasteiger charge is -2.26. The monoisotopic (exact) mass is 338 g/mol. The highest BCUT2D eigenvalue weighted by atomic mass is 32.1. The number of fused-ring (bicyclic) bond motifs is 1. The number of benzene rings is 1. The van der Waals surface area contributed by atoms with Crippen LogP contribution in [0.4, 0.5) is 5.69 Å². The summed E-state index contributed by atoms with van der Waals surface area (Å²) in [6.07, 6.45) is 6.09. The maximum Gasteiger partial charge on any atom is 0.224 e. The molecule has 2 aliphatic rings. The quantitative estimate of drug-likeness (QED) is 0.915. The van der Waals surface area contributed by atoms with Gasteiger partial charge in [-0.3, -0.25) is 9.69 Å². The van der Waals surface area contributed by atoms with Crippen molar-refractivity contribution in [3.8, 4) is 0 Å². The Hall–Kier alpha value is -1.91. The molecule has 1 amide bonds. The van der Waals surface area contributed by atoms with Gasteiger partial charge in [-0.25, -0.2) is 0 Å². The Balaban J connectivity index is 1.34. The number of anilines is 1. The minimum Gasteiger partial charge on any atom is -0.326 e. The Morgan fingerprint density at radius 3 is 2.92 bits per heavy atom. The molecule has 1 aromatic carbocycles. The average molecular weight is 338 g/mol. The van der Waals surface area contributed by atoms with Gasteiger partial charge in [-0.2, -0.15) is 0 Å². The van der Waals surface area contributed by atoms with Crippen molar-refractivity contribution in [1.82, 2.24) is 4.90 Å². The SMILES string of the molecule is O=C1CCc2cc(CCN3CC=C(c4cccs4)CC3)ccc2N1. The van der Waals surface area contributed by atoms with Crippen molar-refractivity contribution in [2.75, 3.05) is 25.0 Å². The van der Waals surface area contributed by atoms with Gasteiger partial charge in [-0.1, -0.05) is 24.3 Å². The van der Waals surface area contributed by atoms with E-state index in [-0.39, 0.29) is 5.91 Å². The minimum absolute atomic E-state index is 0.136. The number of thiophene rings is 1. The number of carbonyl (C=O) groups is 1. The highest BCUT2D eigenvalue weighted by Gasteiger charge is 2.16. The van der Waals surface area contributed by atoms with Crippen LogP contribution in [-0.4, -0.2) is 30.4 Å². The van der Waals surface area contributed by atoms with Gasteiger partial charge in [0, 0.05) is 36.6 Å². The summed E-state index contributed by atoms with van der Waals surface area (Å²) in [5, 5.41) is 5.11. The van der Waals surface area contributed by atoms with Crippen molar-refractivity contribution in [3.63, 3.8) is 0 Å². The van der Waals surface area contributed by atoms with Crippen LogP contribution in [0.5, 0.6) is 0 Å². The van der Waals surface area contributed by atoms with Crippen LogP contribution >= 0.6 is 11.3 Å². The molecule has 1 N–H and O–H groups in total. The maximum atomic E-state index is 11.4. The second kappa shape index (κ2) is 6.91. The first-order valence-electron chi connectivity index (χ1n) is 8.65. The van der Waals surface area contributed by atoms with E-state index in [0.717, 1.165) is 44.6 Å². The van der Waals surface area contributed by atoms with Gasteiger partial charge in [-0.05, 0) is 53.5 Å². The smallest absolute Gasteiger partial charge is 0.224 e. The number of nitrogens with one attached hydrogen (secondary N) is 1. The number of hydrogen-bond acceptors (Lipinski definition) is 3. The van der Waals surface area contributed by atoms with Gasteiger partial charge in [0.1, 0.15) is 0 Å². The third-order valence-electron chi connectivity index (χ3n) is 4.91. The van der Waals surface area contributed by atoms with Crippen LogP contribution in [-0.2, 0) is 17.6 Å². The van der Waals surface area contributed by atoms with Gasteiger partial charge < -0.3 is 5.32 Å². The second-order valence-corrected chi connectivity index (χ2v) is 7.49.